The summed E-state index contributed by atoms with van der Waals surface area (Å²) in [5.41, 5.74) is 3.34. The molecule has 36 heavy (non-hydrogen) atoms. The van der Waals surface area contributed by atoms with Gasteiger partial charge in [-0.2, -0.15) is 4.68 Å². The van der Waals surface area contributed by atoms with E-state index in [1.54, 1.807) is 16.7 Å². The van der Waals surface area contributed by atoms with Crippen molar-refractivity contribution < 1.29 is 9.90 Å². The largest absolute Gasteiger partial charge is 0.478 e. The Bertz CT molecular complexity index is 1340. The number of hydrogen-bond donors (Lipinski definition) is 1. The number of carbonyl (C=O) groups is 1. The summed E-state index contributed by atoms with van der Waals surface area (Å²) in [4.78, 5) is 25.0. The third kappa shape index (κ3) is 6.00. The standard InChI is InChI=1S/C30H33N3O3/c1-2-3-4-5-6-10-17-28-31-33(25-13-8-7-9-14-25)30(36)32(28)22-23-18-20-24(21-19-23)26-15-11-12-16-27(26)29(34)35/h7-9,11-16,18-21H,2-6,10,17,22H2,1H3,(H,34,35). The number of carboxylic acids is 1. The summed E-state index contributed by atoms with van der Waals surface area (Å²) in [5, 5.41) is 14.2. The van der Waals surface area contributed by atoms with E-state index in [4.69, 9.17) is 5.10 Å². The molecule has 0 saturated carbocycles. The van der Waals surface area contributed by atoms with Crippen LogP contribution in [-0.4, -0.2) is 25.4 Å². The van der Waals surface area contributed by atoms with Crippen molar-refractivity contribution >= 4 is 5.97 Å². The quantitative estimate of drug-likeness (QED) is 0.238. The van der Waals surface area contributed by atoms with E-state index in [2.05, 4.69) is 6.92 Å². The van der Waals surface area contributed by atoms with Crippen LogP contribution in [0.2, 0.25) is 0 Å². The molecule has 0 aliphatic heterocycles. The third-order valence-electron chi connectivity index (χ3n) is 6.46. The number of benzene rings is 3. The zero-order chi connectivity index (χ0) is 25.3. The maximum atomic E-state index is 13.4. The molecule has 1 N–H and O–H groups in total. The maximum Gasteiger partial charge on any atom is 0.351 e. The van der Waals surface area contributed by atoms with Gasteiger partial charge in [0.2, 0.25) is 0 Å². The number of aromatic nitrogens is 3. The Labute approximate surface area is 211 Å². The number of aryl methyl sites for hydroxylation is 1. The molecule has 6 nitrogen and oxygen atoms in total. The highest BCUT2D eigenvalue weighted by Gasteiger charge is 2.16. The summed E-state index contributed by atoms with van der Waals surface area (Å²) in [6.07, 6.45) is 7.83. The fourth-order valence-corrected chi connectivity index (χ4v) is 4.48. The molecule has 0 atom stereocenters. The second-order valence-electron chi connectivity index (χ2n) is 9.10. The van der Waals surface area contributed by atoms with Gasteiger partial charge in [-0.25, -0.2) is 9.59 Å². The van der Waals surface area contributed by atoms with Gasteiger partial charge < -0.3 is 5.11 Å². The van der Waals surface area contributed by atoms with E-state index in [-0.39, 0.29) is 11.3 Å². The summed E-state index contributed by atoms with van der Waals surface area (Å²) in [6, 6.07) is 24.2. The molecular formula is C30H33N3O3. The van der Waals surface area contributed by atoms with Crippen LogP contribution in [0, 0.1) is 0 Å². The van der Waals surface area contributed by atoms with Crippen LogP contribution in [0.5, 0.6) is 0 Å². The summed E-state index contributed by atoms with van der Waals surface area (Å²) in [5.74, 6) is -0.159. The fourth-order valence-electron chi connectivity index (χ4n) is 4.48. The predicted molar refractivity (Wildman–Crippen MR) is 143 cm³/mol. The van der Waals surface area contributed by atoms with E-state index in [0.717, 1.165) is 41.9 Å². The van der Waals surface area contributed by atoms with E-state index < -0.39 is 5.97 Å². The van der Waals surface area contributed by atoms with Gasteiger partial charge in [-0.3, -0.25) is 4.57 Å². The van der Waals surface area contributed by atoms with Crippen molar-refractivity contribution in [1.82, 2.24) is 14.3 Å². The summed E-state index contributed by atoms with van der Waals surface area (Å²) < 4.78 is 3.25. The topological polar surface area (TPSA) is 77.1 Å². The van der Waals surface area contributed by atoms with Crippen molar-refractivity contribution in [2.24, 2.45) is 0 Å². The zero-order valence-corrected chi connectivity index (χ0v) is 20.8. The molecule has 0 spiro atoms. The molecule has 0 amide bonds. The monoisotopic (exact) mass is 483 g/mol. The van der Waals surface area contributed by atoms with Crippen LogP contribution in [0.1, 0.15) is 67.2 Å². The molecule has 4 rings (SSSR count). The summed E-state index contributed by atoms with van der Waals surface area (Å²) >= 11 is 0. The SMILES string of the molecule is CCCCCCCCc1nn(-c2ccccc2)c(=O)n1Cc1ccc(-c2ccccc2C(=O)O)cc1. The van der Waals surface area contributed by atoms with Crippen molar-refractivity contribution in [2.75, 3.05) is 0 Å². The Kier molecular flexibility index (Phi) is 8.50. The van der Waals surface area contributed by atoms with Crippen LogP contribution in [0.3, 0.4) is 0 Å². The number of rotatable bonds is 12. The first-order chi connectivity index (χ1) is 17.6. The zero-order valence-electron chi connectivity index (χ0n) is 20.8. The van der Waals surface area contributed by atoms with Crippen LogP contribution in [0.25, 0.3) is 16.8 Å². The van der Waals surface area contributed by atoms with Gasteiger partial charge in [0.1, 0.15) is 5.82 Å². The molecule has 0 bridgehead atoms. The van der Waals surface area contributed by atoms with Gasteiger partial charge in [0.05, 0.1) is 17.8 Å². The fraction of sp³-hybridized carbons (Fsp3) is 0.300. The van der Waals surface area contributed by atoms with Crippen molar-refractivity contribution in [3.05, 3.63) is 106 Å². The van der Waals surface area contributed by atoms with E-state index >= 15 is 0 Å². The highest BCUT2D eigenvalue weighted by atomic mass is 16.4. The van der Waals surface area contributed by atoms with Gasteiger partial charge in [0.15, 0.2) is 0 Å². The number of carboxylic acid groups (broad SMARTS) is 1. The lowest BCUT2D eigenvalue weighted by Crippen LogP contribution is -2.25. The first-order valence-corrected chi connectivity index (χ1v) is 12.7. The number of para-hydroxylation sites is 1. The van der Waals surface area contributed by atoms with Gasteiger partial charge in [-0.15, -0.1) is 5.10 Å². The Hall–Kier alpha value is -3.93. The highest BCUT2D eigenvalue weighted by Crippen LogP contribution is 2.24. The molecule has 1 heterocycles. The normalized spacial score (nSPS) is 11.0. The first-order valence-electron chi connectivity index (χ1n) is 12.7. The van der Waals surface area contributed by atoms with E-state index in [0.29, 0.717) is 12.1 Å². The smallest absolute Gasteiger partial charge is 0.351 e. The Balaban J connectivity index is 1.58. The van der Waals surface area contributed by atoms with Crippen LogP contribution < -0.4 is 5.69 Å². The minimum Gasteiger partial charge on any atom is -0.478 e. The summed E-state index contributed by atoms with van der Waals surface area (Å²) in [6.45, 7) is 2.63. The molecule has 1 aromatic heterocycles. The Morgan fingerprint density at radius 1 is 0.833 bits per heavy atom. The number of unbranched alkanes of at least 4 members (excludes halogenated alkanes) is 5. The van der Waals surface area contributed by atoms with Gasteiger partial charge in [0.25, 0.3) is 0 Å². The molecule has 3 aromatic carbocycles. The second kappa shape index (κ2) is 12.2. The van der Waals surface area contributed by atoms with E-state index in [9.17, 15) is 14.7 Å². The minimum absolute atomic E-state index is 0.150. The van der Waals surface area contributed by atoms with Gasteiger partial charge in [-0.05, 0) is 41.3 Å². The van der Waals surface area contributed by atoms with Crippen molar-refractivity contribution in [3.63, 3.8) is 0 Å². The van der Waals surface area contributed by atoms with Gasteiger partial charge >= 0.3 is 11.7 Å². The molecule has 6 heteroatoms. The Morgan fingerprint density at radius 3 is 2.22 bits per heavy atom. The highest BCUT2D eigenvalue weighted by molar-refractivity contribution is 5.95. The first kappa shape index (κ1) is 25.2. The lowest BCUT2D eigenvalue weighted by molar-refractivity contribution is 0.0697. The van der Waals surface area contributed by atoms with Crippen molar-refractivity contribution in [2.45, 2.75) is 58.4 Å². The second-order valence-corrected chi connectivity index (χ2v) is 9.10. The average Bonchev–Trinajstić information content (AvgIpc) is 3.22. The molecule has 0 aliphatic rings. The molecule has 0 radical (unpaired) electrons. The van der Waals surface area contributed by atoms with Crippen molar-refractivity contribution in [3.8, 4) is 16.8 Å². The van der Waals surface area contributed by atoms with Crippen LogP contribution in [0.4, 0.5) is 0 Å². The van der Waals surface area contributed by atoms with Crippen molar-refractivity contribution in [1.29, 1.82) is 0 Å². The van der Waals surface area contributed by atoms with E-state index in [1.807, 2.05) is 66.7 Å². The number of aromatic carboxylic acids is 1. The molecule has 186 valence electrons. The maximum absolute atomic E-state index is 13.4. The lowest BCUT2D eigenvalue weighted by Gasteiger charge is -2.09. The minimum atomic E-state index is -0.950. The van der Waals surface area contributed by atoms with Crippen LogP contribution >= 0.6 is 0 Å². The molecule has 4 aromatic rings. The van der Waals surface area contributed by atoms with Gasteiger partial charge in [-0.1, -0.05) is 99.7 Å². The third-order valence-corrected chi connectivity index (χ3v) is 6.46. The van der Waals surface area contributed by atoms with Crippen LogP contribution in [-0.2, 0) is 13.0 Å². The molecule has 0 unspecified atom stereocenters. The molecule has 0 saturated heterocycles. The van der Waals surface area contributed by atoms with E-state index in [1.165, 1.54) is 30.4 Å². The predicted octanol–water partition coefficient (Wildman–Crippen LogP) is 6.35. The summed E-state index contributed by atoms with van der Waals surface area (Å²) in [7, 11) is 0. The van der Waals surface area contributed by atoms with Gasteiger partial charge in [0, 0.05) is 6.42 Å². The Morgan fingerprint density at radius 2 is 1.50 bits per heavy atom. The molecule has 0 aliphatic carbocycles. The average molecular weight is 484 g/mol. The lowest BCUT2D eigenvalue weighted by atomic mass is 9.99. The number of hydrogen-bond acceptors (Lipinski definition) is 3. The molecular weight excluding hydrogens is 450 g/mol. The van der Waals surface area contributed by atoms with Crippen LogP contribution in [0.15, 0.2) is 83.7 Å². The molecule has 0 fully saturated rings. The number of nitrogens with zero attached hydrogens (tertiary/aromatic N) is 3.